The molecule has 0 saturated carbocycles. The molecule has 0 aromatic carbocycles. The number of phosphoric acid groups is 3. The van der Waals surface area contributed by atoms with Crippen LogP contribution in [-0.2, 0) is 50.9 Å². The number of hydrogen-bond donors (Lipinski definition) is 8. The minimum Gasteiger partial charge on any atom is -0.387 e. The van der Waals surface area contributed by atoms with E-state index >= 15 is 0 Å². The molecule has 19 nitrogen and oxygen atoms in total. The van der Waals surface area contributed by atoms with Gasteiger partial charge in [-0.3, -0.25) is 18.7 Å². The maximum atomic E-state index is 11.9. The Kier molecular flexibility index (Phi) is 10.5. The minimum atomic E-state index is -5.64. The highest BCUT2D eigenvalue weighted by Gasteiger charge is 2.49. The van der Waals surface area contributed by atoms with Crippen LogP contribution in [0.1, 0.15) is 12.8 Å². The average Bonchev–Trinajstić information content (AvgIpc) is 2.88. The number of hydrogen-bond acceptors (Lipinski definition) is 14. The van der Waals surface area contributed by atoms with Crippen molar-refractivity contribution in [1.29, 1.82) is 0 Å². The predicted molar refractivity (Wildman–Crippen MR) is 94.1 cm³/mol. The van der Waals surface area contributed by atoms with Crippen LogP contribution in [-0.4, -0.2) is 78.9 Å². The number of phosphoric ester groups is 2. The van der Waals surface area contributed by atoms with Gasteiger partial charge in [-0.15, -0.1) is 0 Å². The molecule has 0 spiro atoms. The predicted octanol–water partition coefficient (Wildman–Crippen LogP) is -3.16. The van der Waals surface area contributed by atoms with Crippen LogP contribution < -0.4 is 11.5 Å². The molecular formula is C10H21N2O17P3. The fourth-order valence-corrected chi connectivity index (χ4v) is 4.22. The summed E-state index contributed by atoms with van der Waals surface area (Å²) in [5.74, 6) is -2.27. The first kappa shape index (κ1) is 29.2. The van der Waals surface area contributed by atoms with Gasteiger partial charge in [0.25, 0.3) is 0 Å². The van der Waals surface area contributed by atoms with Crippen molar-refractivity contribution in [3.63, 3.8) is 0 Å². The standard InChI is InChI=1S/C10H21N2O17P3/c11-4(1-2-6(12)13)9(16)26-28-32(22,23)29-31(20,21)27-10-8(15)7(14)5(25-10)3-24-30(17,18)19/h4-5,7-8,10,14-15H,1-3,11H2,(H2,12,13)(H,20,21)(H,22,23)(H2,17,18,19)/t4-,5+,7+,8+,10?/m0/s1. The second-order valence-corrected chi connectivity index (χ2v) is 10.1. The van der Waals surface area contributed by atoms with Crippen molar-refractivity contribution < 1.29 is 80.7 Å². The van der Waals surface area contributed by atoms with E-state index < -0.39 is 72.6 Å². The SMILES string of the molecule is NC(=O)CC[C@H](N)C(=O)OOP(=O)(O)OP(=O)(O)OC1O[C@H](COP(=O)(O)O)[C@@H](O)[C@H]1O. The van der Waals surface area contributed by atoms with Gasteiger partial charge >= 0.3 is 29.4 Å². The molecule has 188 valence electrons. The number of carbonyl (C=O) groups excluding carboxylic acids is 2. The fraction of sp³-hybridized carbons (Fsp3) is 0.800. The van der Waals surface area contributed by atoms with E-state index in [0.29, 0.717) is 0 Å². The topological polar surface area (TPSA) is 314 Å². The lowest BCUT2D eigenvalue weighted by molar-refractivity contribution is -0.224. The lowest BCUT2D eigenvalue weighted by Crippen LogP contribution is -2.34. The molecule has 1 amide bonds. The van der Waals surface area contributed by atoms with Crippen molar-refractivity contribution in [3.05, 3.63) is 0 Å². The molecule has 0 bridgehead atoms. The first-order valence-electron chi connectivity index (χ1n) is 8.13. The zero-order chi connectivity index (χ0) is 24.9. The summed E-state index contributed by atoms with van der Waals surface area (Å²) in [5.41, 5.74) is 10.1. The first-order chi connectivity index (χ1) is 14.4. The van der Waals surface area contributed by atoms with Crippen LogP contribution in [0.25, 0.3) is 0 Å². The molecule has 7 atom stereocenters. The molecule has 0 aromatic heterocycles. The highest BCUT2D eigenvalue weighted by atomic mass is 31.3. The molecule has 3 unspecified atom stereocenters. The first-order valence-corrected chi connectivity index (χ1v) is 12.7. The fourth-order valence-electron chi connectivity index (χ4n) is 1.97. The molecule has 0 aromatic rings. The van der Waals surface area contributed by atoms with Crippen molar-refractivity contribution in [2.75, 3.05) is 6.61 Å². The van der Waals surface area contributed by atoms with Crippen LogP contribution in [0.3, 0.4) is 0 Å². The number of aliphatic hydroxyl groups excluding tert-OH is 2. The van der Waals surface area contributed by atoms with Gasteiger partial charge in [0.05, 0.1) is 6.61 Å². The number of nitrogens with two attached hydrogens (primary N) is 2. The Labute approximate surface area is 178 Å². The van der Waals surface area contributed by atoms with Gasteiger partial charge in [0.15, 0.2) is 6.29 Å². The second-order valence-electron chi connectivity index (χ2n) is 6.02. The summed E-state index contributed by atoms with van der Waals surface area (Å²) in [5, 5.41) is 19.4. The zero-order valence-electron chi connectivity index (χ0n) is 15.7. The molecule has 32 heavy (non-hydrogen) atoms. The lowest BCUT2D eigenvalue weighted by atomic mass is 10.1. The van der Waals surface area contributed by atoms with E-state index in [1.807, 2.05) is 0 Å². The van der Waals surface area contributed by atoms with E-state index in [0.717, 1.165) is 0 Å². The van der Waals surface area contributed by atoms with Crippen molar-refractivity contribution in [2.24, 2.45) is 11.5 Å². The minimum absolute atomic E-state index is 0.318. The van der Waals surface area contributed by atoms with Crippen molar-refractivity contribution in [1.82, 2.24) is 0 Å². The maximum Gasteiger partial charge on any atom is 0.517 e. The van der Waals surface area contributed by atoms with Crippen molar-refractivity contribution in [2.45, 2.75) is 43.5 Å². The molecule has 1 rings (SSSR count). The molecule has 1 fully saturated rings. The highest BCUT2D eigenvalue weighted by molar-refractivity contribution is 7.61. The van der Waals surface area contributed by atoms with E-state index in [9.17, 15) is 43.3 Å². The van der Waals surface area contributed by atoms with Gasteiger partial charge in [-0.1, -0.05) is 4.67 Å². The van der Waals surface area contributed by atoms with E-state index in [4.69, 9.17) is 26.0 Å². The number of carbonyl (C=O) groups is 2. The van der Waals surface area contributed by atoms with Gasteiger partial charge < -0.3 is 46.0 Å². The largest absolute Gasteiger partial charge is 0.517 e. The van der Waals surface area contributed by atoms with Crippen molar-refractivity contribution >= 4 is 35.3 Å². The molecule has 1 heterocycles. The number of amides is 1. The highest BCUT2D eigenvalue weighted by Crippen LogP contribution is 2.61. The summed E-state index contributed by atoms with van der Waals surface area (Å²) in [4.78, 5) is 62.1. The van der Waals surface area contributed by atoms with Crippen LogP contribution in [0.4, 0.5) is 0 Å². The number of primary amides is 1. The van der Waals surface area contributed by atoms with E-state index in [-0.39, 0.29) is 12.8 Å². The molecule has 22 heteroatoms. The van der Waals surface area contributed by atoms with Gasteiger partial charge in [-0.2, -0.15) is 4.31 Å². The quantitative estimate of drug-likeness (QED) is 0.0656. The van der Waals surface area contributed by atoms with Gasteiger partial charge in [0.1, 0.15) is 24.4 Å². The Morgan fingerprint density at radius 1 is 1.03 bits per heavy atom. The average molecular weight is 534 g/mol. The molecule has 10 N–H and O–H groups in total. The summed E-state index contributed by atoms with van der Waals surface area (Å²) >= 11 is 0. The Bertz CT molecular complexity index is 816. The third-order valence-electron chi connectivity index (χ3n) is 3.39. The number of ether oxygens (including phenoxy) is 1. The normalized spacial score (nSPS) is 28.5. The number of rotatable bonds is 13. The molecule has 1 aliphatic heterocycles. The summed E-state index contributed by atoms with van der Waals surface area (Å²) in [6, 6.07) is -1.52. The van der Waals surface area contributed by atoms with Crippen LogP contribution in [0, 0.1) is 0 Å². The van der Waals surface area contributed by atoms with Gasteiger partial charge in [0, 0.05) is 6.42 Å². The molecule has 0 aliphatic carbocycles. The summed E-state index contributed by atoms with van der Waals surface area (Å²) < 4.78 is 54.8. The smallest absolute Gasteiger partial charge is 0.387 e. The molecule has 1 saturated heterocycles. The van der Waals surface area contributed by atoms with E-state index in [1.165, 1.54) is 0 Å². The Balaban J connectivity index is 2.62. The second kappa shape index (κ2) is 11.5. The van der Waals surface area contributed by atoms with Crippen LogP contribution in [0.5, 0.6) is 0 Å². The third kappa shape index (κ3) is 10.4. The zero-order valence-corrected chi connectivity index (χ0v) is 18.4. The van der Waals surface area contributed by atoms with Crippen LogP contribution in [0.15, 0.2) is 0 Å². The van der Waals surface area contributed by atoms with Gasteiger partial charge in [-0.05, 0) is 6.42 Å². The molecular weight excluding hydrogens is 513 g/mol. The summed E-state index contributed by atoms with van der Waals surface area (Å²) in [7, 11) is -16.3. The summed E-state index contributed by atoms with van der Waals surface area (Å²) in [6.07, 6.45) is -8.52. The van der Waals surface area contributed by atoms with Crippen molar-refractivity contribution in [3.8, 4) is 0 Å². The van der Waals surface area contributed by atoms with Crippen LogP contribution in [0.2, 0.25) is 0 Å². The lowest BCUT2D eigenvalue weighted by Gasteiger charge is -2.20. The molecule has 1 aliphatic rings. The van der Waals surface area contributed by atoms with E-state index in [2.05, 4.69) is 22.9 Å². The van der Waals surface area contributed by atoms with E-state index in [1.54, 1.807) is 0 Å². The Hall–Kier alpha value is -0.850. The molecule has 0 radical (unpaired) electrons. The maximum absolute atomic E-state index is 11.9. The number of aliphatic hydroxyl groups is 2. The van der Waals surface area contributed by atoms with Gasteiger partial charge in [0.2, 0.25) is 5.91 Å². The monoisotopic (exact) mass is 534 g/mol. The third-order valence-corrected chi connectivity index (χ3v) is 6.26. The Morgan fingerprint density at radius 2 is 1.62 bits per heavy atom. The Morgan fingerprint density at radius 3 is 2.16 bits per heavy atom. The van der Waals surface area contributed by atoms with Crippen LogP contribution >= 0.6 is 23.5 Å². The van der Waals surface area contributed by atoms with Gasteiger partial charge in [-0.25, -0.2) is 18.5 Å². The summed E-state index contributed by atoms with van der Waals surface area (Å²) in [6.45, 7) is -0.980.